The van der Waals surface area contributed by atoms with E-state index < -0.39 is 16.8 Å². The van der Waals surface area contributed by atoms with Gasteiger partial charge < -0.3 is 25.6 Å². The van der Waals surface area contributed by atoms with Crippen molar-refractivity contribution in [3.63, 3.8) is 0 Å². The van der Waals surface area contributed by atoms with Gasteiger partial charge in [0.25, 0.3) is 5.91 Å². The summed E-state index contributed by atoms with van der Waals surface area (Å²) in [5.41, 5.74) is 2.67. The molecule has 4 aliphatic rings. The van der Waals surface area contributed by atoms with Gasteiger partial charge in [0.2, 0.25) is 5.91 Å². The second kappa shape index (κ2) is 13.2. The minimum atomic E-state index is -0.632. The number of nitriles is 1. The van der Waals surface area contributed by atoms with Crippen molar-refractivity contribution in [2.75, 3.05) is 18.0 Å². The fraction of sp³-hybridized carbons (Fsp3) is 0.378. The summed E-state index contributed by atoms with van der Waals surface area (Å²) in [5, 5.41) is 19.6. The SMILES string of the molecule is Cc1cc(Oc2ccccc2)ccc1N1C(=O)NC2c3c1ccnc3SC2C(=O)NC1CCCN(C(=O)C(C#N)=CC(C)(C)NC2CC2)C1. The molecule has 2 aromatic carbocycles. The number of aryl methyl sites for hydroxylation is 1. The van der Waals surface area contributed by atoms with E-state index in [0.29, 0.717) is 54.1 Å². The van der Waals surface area contributed by atoms with E-state index in [1.807, 2.05) is 75.4 Å². The number of anilines is 2. The fourth-order valence-electron chi connectivity index (χ4n) is 6.86. The maximum atomic E-state index is 13.8. The Labute approximate surface area is 290 Å². The van der Waals surface area contributed by atoms with E-state index in [4.69, 9.17) is 4.74 Å². The highest BCUT2D eigenvalue weighted by molar-refractivity contribution is 8.01. The van der Waals surface area contributed by atoms with Crippen molar-refractivity contribution < 1.29 is 19.1 Å². The number of rotatable bonds is 9. The van der Waals surface area contributed by atoms with Crippen LogP contribution < -0.4 is 25.6 Å². The van der Waals surface area contributed by atoms with Crippen molar-refractivity contribution in [3.8, 4) is 17.6 Å². The summed E-state index contributed by atoms with van der Waals surface area (Å²) in [4.78, 5) is 48.9. The molecule has 1 saturated carbocycles. The third kappa shape index (κ3) is 6.86. The summed E-state index contributed by atoms with van der Waals surface area (Å²) in [6, 6.07) is 18.3. The minimum Gasteiger partial charge on any atom is -0.457 e. The number of hydrogen-bond acceptors (Lipinski definition) is 8. The molecular weight excluding hydrogens is 639 g/mol. The molecule has 252 valence electrons. The first kappa shape index (κ1) is 32.7. The molecule has 0 spiro atoms. The number of pyridine rings is 1. The number of nitrogens with one attached hydrogen (secondary N) is 3. The second-order valence-electron chi connectivity index (χ2n) is 13.6. The molecule has 7 rings (SSSR count). The number of ether oxygens (including phenoxy) is 1. The average molecular weight is 678 g/mol. The molecule has 2 fully saturated rings. The smallest absolute Gasteiger partial charge is 0.327 e. The van der Waals surface area contributed by atoms with Gasteiger partial charge in [-0.05, 0) is 94.5 Å². The van der Waals surface area contributed by atoms with Crippen LogP contribution in [0.2, 0.25) is 0 Å². The number of carbonyl (C=O) groups excluding carboxylic acids is 3. The molecule has 49 heavy (non-hydrogen) atoms. The second-order valence-corrected chi connectivity index (χ2v) is 14.8. The van der Waals surface area contributed by atoms with E-state index in [9.17, 15) is 19.6 Å². The lowest BCUT2D eigenvalue weighted by molar-refractivity contribution is -0.129. The molecule has 3 aromatic rings. The number of carbonyl (C=O) groups is 3. The molecule has 1 aliphatic carbocycles. The van der Waals surface area contributed by atoms with Crippen LogP contribution in [0, 0.1) is 18.3 Å². The van der Waals surface area contributed by atoms with Crippen molar-refractivity contribution in [2.24, 2.45) is 0 Å². The fourth-order valence-corrected chi connectivity index (χ4v) is 8.10. The summed E-state index contributed by atoms with van der Waals surface area (Å²) in [6.45, 7) is 6.69. The lowest BCUT2D eigenvalue weighted by Gasteiger charge is -2.36. The summed E-state index contributed by atoms with van der Waals surface area (Å²) >= 11 is 1.33. The van der Waals surface area contributed by atoms with Crippen molar-refractivity contribution in [1.82, 2.24) is 25.8 Å². The number of aromatic nitrogens is 1. The Morgan fingerprint density at radius 1 is 1.08 bits per heavy atom. The van der Waals surface area contributed by atoms with Gasteiger partial charge in [-0.25, -0.2) is 9.78 Å². The number of para-hydroxylation sites is 1. The lowest BCUT2D eigenvalue weighted by atomic mass is 9.98. The van der Waals surface area contributed by atoms with Crippen LogP contribution in [0.3, 0.4) is 0 Å². The number of nitrogens with zero attached hydrogens (tertiary/aromatic N) is 4. The third-order valence-corrected chi connectivity index (χ3v) is 10.5. The van der Waals surface area contributed by atoms with E-state index in [-0.39, 0.29) is 29.5 Å². The first-order chi connectivity index (χ1) is 23.6. The van der Waals surface area contributed by atoms with Crippen LogP contribution in [0.25, 0.3) is 0 Å². The van der Waals surface area contributed by atoms with Crippen molar-refractivity contribution >= 4 is 41.0 Å². The monoisotopic (exact) mass is 677 g/mol. The lowest BCUT2D eigenvalue weighted by Crippen LogP contribution is -2.54. The van der Waals surface area contributed by atoms with Crippen molar-refractivity contribution in [2.45, 2.75) is 80.4 Å². The highest BCUT2D eigenvalue weighted by Gasteiger charge is 2.47. The summed E-state index contributed by atoms with van der Waals surface area (Å²) in [7, 11) is 0. The number of hydrogen-bond donors (Lipinski definition) is 3. The normalized spacial score (nSPS) is 21.8. The minimum absolute atomic E-state index is 0.105. The quantitative estimate of drug-likeness (QED) is 0.195. The molecule has 0 bridgehead atoms. The Morgan fingerprint density at radius 2 is 1.88 bits per heavy atom. The summed E-state index contributed by atoms with van der Waals surface area (Å²) in [5.74, 6) is 0.834. The molecule has 4 heterocycles. The topological polar surface area (TPSA) is 140 Å². The average Bonchev–Trinajstić information content (AvgIpc) is 3.81. The first-order valence-electron chi connectivity index (χ1n) is 16.7. The molecule has 3 N–H and O–H groups in total. The molecule has 1 aromatic heterocycles. The summed E-state index contributed by atoms with van der Waals surface area (Å²) < 4.78 is 6.00. The molecule has 0 radical (unpaired) electrons. The predicted octanol–water partition coefficient (Wildman–Crippen LogP) is 5.65. The number of benzene rings is 2. The number of likely N-dealkylation sites (tertiary alicyclic amines) is 1. The van der Waals surface area contributed by atoms with Gasteiger partial charge in [0.1, 0.15) is 33.4 Å². The standard InChI is InChI=1S/C37H39N7O4S/c1-22-18-27(48-26-9-5-4-6-10-26)13-14-28(22)44-29-15-16-39-34-30(29)31(41-36(44)47)32(49-34)33(45)40-25-8-7-17-43(21-25)35(46)23(20-38)19-37(2,3)42-24-11-12-24/h4-6,9-10,13-16,18-19,24-25,31-32,42H,7-8,11-12,17,21H2,1-3H3,(H,40,45)(H,41,47). The molecule has 4 amide bonds. The molecule has 11 nitrogen and oxygen atoms in total. The zero-order chi connectivity index (χ0) is 34.3. The predicted molar refractivity (Wildman–Crippen MR) is 187 cm³/mol. The van der Waals surface area contributed by atoms with E-state index in [1.54, 1.807) is 22.1 Å². The third-order valence-electron chi connectivity index (χ3n) is 9.22. The number of urea groups is 1. The van der Waals surface area contributed by atoms with E-state index in [2.05, 4.69) is 27.0 Å². The first-order valence-corrected chi connectivity index (χ1v) is 17.6. The van der Waals surface area contributed by atoms with Gasteiger partial charge in [0.05, 0.1) is 17.4 Å². The van der Waals surface area contributed by atoms with Crippen LogP contribution in [0.4, 0.5) is 16.2 Å². The molecule has 3 atom stereocenters. The van der Waals surface area contributed by atoms with E-state index in [1.165, 1.54) is 11.8 Å². The van der Waals surface area contributed by atoms with Crippen LogP contribution >= 0.6 is 11.8 Å². The maximum absolute atomic E-state index is 13.8. The number of piperidine rings is 1. The summed E-state index contributed by atoms with van der Waals surface area (Å²) in [6.07, 6.45) is 6.99. The van der Waals surface area contributed by atoms with Gasteiger partial charge in [-0.3, -0.25) is 14.5 Å². The van der Waals surface area contributed by atoms with Crippen LogP contribution in [0.15, 0.2) is 77.5 Å². The van der Waals surface area contributed by atoms with Gasteiger partial charge in [0, 0.05) is 42.5 Å². The van der Waals surface area contributed by atoms with Crippen LogP contribution in [0.5, 0.6) is 11.5 Å². The van der Waals surface area contributed by atoms with Gasteiger partial charge >= 0.3 is 6.03 Å². The zero-order valence-electron chi connectivity index (χ0n) is 27.7. The Morgan fingerprint density at radius 3 is 2.61 bits per heavy atom. The Balaban J connectivity index is 1.04. The van der Waals surface area contributed by atoms with Crippen molar-refractivity contribution in [1.29, 1.82) is 5.26 Å². The Kier molecular flexibility index (Phi) is 8.81. The van der Waals surface area contributed by atoms with Gasteiger partial charge in [-0.2, -0.15) is 5.26 Å². The van der Waals surface area contributed by atoms with Gasteiger partial charge in [0.15, 0.2) is 0 Å². The molecule has 3 unspecified atom stereocenters. The molecule has 12 heteroatoms. The van der Waals surface area contributed by atoms with Crippen LogP contribution in [-0.2, 0) is 9.59 Å². The highest BCUT2D eigenvalue weighted by Crippen LogP contribution is 2.51. The largest absolute Gasteiger partial charge is 0.457 e. The Hall–Kier alpha value is -4.86. The van der Waals surface area contributed by atoms with Gasteiger partial charge in [-0.1, -0.05) is 30.0 Å². The maximum Gasteiger partial charge on any atom is 0.327 e. The molecular formula is C37H39N7O4S. The van der Waals surface area contributed by atoms with E-state index >= 15 is 0 Å². The molecule has 1 saturated heterocycles. The van der Waals surface area contributed by atoms with Crippen LogP contribution in [0.1, 0.15) is 56.7 Å². The molecule has 3 aliphatic heterocycles. The van der Waals surface area contributed by atoms with Crippen LogP contribution in [-0.4, -0.2) is 63.7 Å². The number of amides is 4. The van der Waals surface area contributed by atoms with Gasteiger partial charge in [-0.15, -0.1) is 0 Å². The highest BCUT2D eigenvalue weighted by atomic mass is 32.2. The van der Waals surface area contributed by atoms with Crippen molar-refractivity contribution in [3.05, 3.63) is 83.6 Å². The Bertz CT molecular complexity index is 1870. The number of thioether (sulfide) groups is 1. The zero-order valence-corrected chi connectivity index (χ0v) is 28.5. The van der Waals surface area contributed by atoms with E-state index in [0.717, 1.165) is 29.7 Å².